The molecule has 10 atom stereocenters. The Morgan fingerprint density at radius 2 is 1.39 bits per heavy atom. The smallest absolute Gasteiger partial charge is 0.197 e. The fourth-order valence-electron chi connectivity index (χ4n) is 5.11. The lowest BCUT2D eigenvalue weighted by molar-refractivity contribution is -0.336. The molecule has 0 amide bonds. The Bertz CT molecular complexity index is 1500. The molecule has 2 saturated heterocycles. The summed E-state index contributed by atoms with van der Waals surface area (Å²) in [6, 6.07) is 5.75. The van der Waals surface area contributed by atoms with Crippen molar-refractivity contribution < 1.29 is 64.6 Å². The zero-order valence-corrected chi connectivity index (χ0v) is 21.7. The Morgan fingerprint density at radius 1 is 0.732 bits per heavy atom. The summed E-state index contributed by atoms with van der Waals surface area (Å²) < 4.78 is 22.7. The highest BCUT2D eigenvalue weighted by Gasteiger charge is 2.50. The molecule has 0 saturated carbocycles. The minimum absolute atomic E-state index is 0.0510. The van der Waals surface area contributed by atoms with Crippen molar-refractivity contribution in [3.8, 4) is 34.3 Å². The van der Waals surface area contributed by atoms with E-state index in [1.54, 1.807) is 0 Å². The molecule has 41 heavy (non-hydrogen) atoms. The number of rotatable bonds is 4. The number of fused-ring (bicyclic) bond motifs is 1. The van der Waals surface area contributed by atoms with E-state index in [-0.39, 0.29) is 22.3 Å². The van der Waals surface area contributed by atoms with Gasteiger partial charge in [-0.2, -0.15) is 0 Å². The van der Waals surface area contributed by atoms with E-state index in [4.69, 9.17) is 18.6 Å². The highest BCUT2D eigenvalue weighted by Crippen LogP contribution is 2.46. The summed E-state index contributed by atoms with van der Waals surface area (Å²) in [6.45, 7) is 2.82. The molecular weight excluding hydrogens is 548 g/mol. The van der Waals surface area contributed by atoms with Crippen LogP contribution < -0.4 is 5.43 Å². The van der Waals surface area contributed by atoms with Gasteiger partial charge in [0.25, 0.3) is 0 Å². The van der Waals surface area contributed by atoms with E-state index >= 15 is 0 Å². The van der Waals surface area contributed by atoms with Gasteiger partial charge in [0.05, 0.1) is 17.8 Å². The lowest BCUT2D eigenvalue weighted by Crippen LogP contribution is -2.61. The van der Waals surface area contributed by atoms with Gasteiger partial charge in [0.2, 0.25) is 0 Å². The van der Waals surface area contributed by atoms with Crippen molar-refractivity contribution in [3.63, 3.8) is 0 Å². The van der Waals surface area contributed by atoms with Crippen molar-refractivity contribution in [1.29, 1.82) is 0 Å². The van der Waals surface area contributed by atoms with Crippen LogP contribution in [0.3, 0.4) is 0 Å². The minimum Gasteiger partial charge on any atom is -0.507 e. The number of hydrogen-bond acceptors (Lipinski definition) is 14. The Hall–Kier alpha value is -3.47. The number of benzene rings is 2. The van der Waals surface area contributed by atoms with Gasteiger partial charge in [0, 0.05) is 17.7 Å². The number of ether oxygens (including phenoxy) is 3. The van der Waals surface area contributed by atoms with Crippen LogP contribution in [0.15, 0.2) is 39.5 Å². The molecule has 2 aliphatic heterocycles. The molecule has 5 rings (SSSR count). The van der Waals surface area contributed by atoms with Crippen molar-refractivity contribution in [2.75, 3.05) is 0 Å². The first-order valence-corrected chi connectivity index (χ1v) is 12.7. The molecule has 2 aliphatic rings. The van der Waals surface area contributed by atoms with Gasteiger partial charge in [-0.1, -0.05) is 0 Å². The maximum absolute atomic E-state index is 13.1. The van der Waals surface area contributed by atoms with Crippen LogP contribution in [0.4, 0.5) is 0 Å². The van der Waals surface area contributed by atoms with Gasteiger partial charge < -0.3 is 64.6 Å². The number of aliphatic hydroxyl groups is 5. The summed E-state index contributed by atoms with van der Waals surface area (Å²) >= 11 is 0. The Kier molecular flexibility index (Phi) is 7.61. The lowest BCUT2D eigenvalue weighted by atomic mass is 9.89. The molecule has 2 aromatic carbocycles. The third-order valence-electron chi connectivity index (χ3n) is 7.48. The molecule has 14 heteroatoms. The zero-order chi connectivity index (χ0) is 29.9. The van der Waals surface area contributed by atoms with Crippen LogP contribution in [0.5, 0.6) is 23.0 Å². The van der Waals surface area contributed by atoms with Gasteiger partial charge in [-0.05, 0) is 32.0 Å². The van der Waals surface area contributed by atoms with E-state index in [2.05, 4.69) is 0 Å². The third kappa shape index (κ3) is 4.98. The van der Waals surface area contributed by atoms with Crippen molar-refractivity contribution in [2.45, 2.75) is 75.1 Å². The van der Waals surface area contributed by atoms with Gasteiger partial charge in [-0.15, -0.1) is 0 Å². The van der Waals surface area contributed by atoms with Crippen molar-refractivity contribution in [3.05, 3.63) is 46.1 Å². The van der Waals surface area contributed by atoms with Crippen LogP contribution in [0.2, 0.25) is 0 Å². The number of phenolic OH excluding ortho intramolecular Hbond substituents is 4. The molecule has 0 bridgehead atoms. The molecule has 0 aliphatic carbocycles. The maximum Gasteiger partial charge on any atom is 0.197 e. The number of aliphatic hydroxyl groups excluding tert-OH is 5. The second-order valence-corrected chi connectivity index (χ2v) is 10.2. The Labute approximate surface area is 231 Å². The molecule has 0 radical (unpaired) electrons. The summed E-state index contributed by atoms with van der Waals surface area (Å²) in [7, 11) is 0. The van der Waals surface area contributed by atoms with Crippen LogP contribution >= 0.6 is 0 Å². The van der Waals surface area contributed by atoms with Crippen molar-refractivity contribution in [1.82, 2.24) is 0 Å². The van der Waals surface area contributed by atoms with Crippen LogP contribution in [0.25, 0.3) is 22.3 Å². The van der Waals surface area contributed by atoms with Gasteiger partial charge >= 0.3 is 0 Å². The Morgan fingerprint density at radius 3 is 2.07 bits per heavy atom. The predicted molar refractivity (Wildman–Crippen MR) is 137 cm³/mol. The average molecular weight is 579 g/mol. The van der Waals surface area contributed by atoms with E-state index in [1.165, 1.54) is 26.0 Å². The number of hydrogen-bond donors (Lipinski definition) is 9. The predicted octanol–water partition coefficient (Wildman–Crippen LogP) is -0.323. The lowest BCUT2D eigenvalue weighted by Gasteiger charge is -2.46. The SMILES string of the molecule is C[C@@H]1O[C@@H](O[C@H]2C(c3c(O)cc4oc(-c5ccc(O)c(O)c5)cc(=O)c4c3O)O[C@@H](C)[C@@H](O)[C@H]2O)[C@H](O)[C@H](O)[C@H]1O. The van der Waals surface area contributed by atoms with Crippen molar-refractivity contribution in [2.24, 2.45) is 0 Å². The van der Waals surface area contributed by atoms with Crippen LogP contribution in [-0.2, 0) is 14.2 Å². The number of phenols is 4. The van der Waals surface area contributed by atoms with E-state index in [0.29, 0.717) is 0 Å². The molecule has 14 nitrogen and oxygen atoms in total. The van der Waals surface area contributed by atoms with Crippen LogP contribution in [0, 0.1) is 0 Å². The average Bonchev–Trinajstić information content (AvgIpc) is 2.92. The standard InChI is InChI=1S/C27H30O14/c1-8-20(33)23(36)26(41-27-24(37)22(35)19(32)9(2)39-27)25(38-8)18-14(31)7-16-17(21(18)34)13(30)6-15(40-16)10-3-4-11(28)12(29)5-10/h3-9,19-20,22-29,31-37H,1-2H3/t8-,9-,19-,20+,22+,23+,24+,25?,26+,27-/m0/s1. The summed E-state index contributed by atoms with van der Waals surface area (Å²) in [5.74, 6) is -2.34. The highest BCUT2D eigenvalue weighted by atomic mass is 16.7. The molecule has 3 heterocycles. The monoisotopic (exact) mass is 578 g/mol. The summed E-state index contributed by atoms with van der Waals surface area (Å²) in [4.78, 5) is 13.1. The van der Waals surface area contributed by atoms with Gasteiger partial charge in [0.1, 0.15) is 71.0 Å². The normalized spacial score (nSPS) is 34.1. The maximum atomic E-state index is 13.1. The van der Waals surface area contributed by atoms with E-state index in [1.807, 2.05) is 0 Å². The van der Waals surface area contributed by atoms with Gasteiger partial charge in [-0.3, -0.25) is 4.79 Å². The van der Waals surface area contributed by atoms with Crippen LogP contribution in [-0.4, -0.2) is 101 Å². The summed E-state index contributed by atoms with van der Waals surface area (Å²) in [6.07, 6.45) is -15.0. The molecule has 2 fully saturated rings. The first-order valence-electron chi connectivity index (χ1n) is 12.7. The second-order valence-electron chi connectivity index (χ2n) is 10.2. The fraction of sp³-hybridized carbons (Fsp3) is 0.444. The third-order valence-corrected chi connectivity index (χ3v) is 7.48. The van der Waals surface area contributed by atoms with E-state index in [9.17, 15) is 50.8 Å². The molecule has 1 aromatic heterocycles. The minimum atomic E-state index is -1.78. The van der Waals surface area contributed by atoms with Crippen LogP contribution in [0.1, 0.15) is 25.5 Å². The van der Waals surface area contributed by atoms with Gasteiger partial charge in [0.15, 0.2) is 23.2 Å². The summed E-state index contributed by atoms with van der Waals surface area (Å²) in [5.41, 5.74) is -1.20. The summed E-state index contributed by atoms with van der Waals surface area (Å²) in [5, 5.41) is 93.2. The zero-order valence-electron chi connectivity index (χ0n) is 21.7. The quantitative estimate of drug-likeness (QED) is 0.180. The molecular formula is C27H30O14. The number of aromatic hydroxyl groups is 4. The second kappa shape index (κ2) is 10.7. The molecule has 3 aromatic rings. The molecule has 9 N–H and O–H groups in total. The van der Waals surface area contributed by atoms with Crippen molar-refractivity contribution >= 4 is 11.0 Å². The molecule has 0 spiro atoms. The topological polar surface area (TPSA) is 240 Å². The molecule has 222 valence electrons. The van der Waals surface area contributed by atoms with E-state index < -0.39 is 95.2 Å². The Balaban J connectivity index is 1.58. The highest BCUT2D eigenvalue weighted by molar-refractivity contribution is 5.88. The fourth-order valence-corrected chi connectivity index (χ4v) is 5.11. The van der Waals surface area contributed by atoms with E-state index in [0.717, 1.165) is 18.2 Å². The molecule has 1 unspecified atom stereocenters. The van der Waals surface area contributed by atoms with Gasteiger partial charge in [-0.25, -0.2) is 0 Å². The largest absolute Gasteiger partial charge is 0.507 e. The first kappa shape index (κ1) is 29.0. The first-order chi connectivity index (χ1) is 19.3.